The molecule has 1 aliphatic heterocycles. The van der Waals surface area contributed by atoms with Gasteiger partial charge in [0, 0.05) is 11.6 Å². The summed E-state index contributed by atoms with van der Waals surface area (Å²) in [5.41, 5.74) is -0.0518. The van der Waals surface area contributed by atoms with Crippen molar-refractivity contribution in [1.29, 1.82) is 0 Å². The number of urea groups is 1. The van der Waals surface area contributed by atoms with Crippen molar-refractivity contribution in [2.45, 2.75) is 25.8 Å². The van der Waals surface area contributed by atoms with Crippen molar-refractivity contribution in [3.63, 3.8) is 0 Å². The maximum atomic E-state index is 12.0. The van der Waals surface area contributed by atoms with E-state index in [2.05, 4.69) is 10.6 Å². The third kappa shape index (κ3) is 5.19. The SMILES string of the molecule is CC1(C)NC(=O)N(CC(=O)OCC(=O)NCCc2ccc(Cl)cc2)C1=O. The van der Waals surface area contributed by atoms with Crippen molar-refractivity contribution in [2.24, 2.45) is 0 Å². The molecular formula is C17H20ClN3O5. The molecule has 9 heteroatoms. The largest absolute Gasteiger partial charge is 0.454 e. The lowest BCUT2D eigenvalue weighted by molar-refractivity contribution is -0.151. The average Bonchev–Trinajstić information content (AvgIpc) is 2.76. The molecule has 0 bridgehead atoms. The van der Waals surface area contributed by atoms with Crippen LogP contribution >= 0.6 is 11.6 Å². The van der Waals surface area contributed by atoms with E-state index in [1.165, 1.54) is 13.8 Å². The zero-order chi connectivity index (χ0) is 19.3. The molecule has 4 amide bonds. The van der Waals surface area contributed by atoms with Crippen molar-refractivity contribution < 1.29 is 23.9 Å². The molecule has 1 aromatic carbocycles. The quantitative estimate of drug-likeness (QED) is 0.538. The molecule has 0 unspecified atom stereocenters. The highest BCUT2D eigenvalue weighted by molar-refractivity contribution is 6.30. The summed E-state index contributed by atoms with van der Waals surface area (Å²) < 4.78 is 4.81. The van der Waals surface area contributed by atoms with Crippen LogP contribution in [0.15, 0.2) is 24.3 Å². The number of nitrogens with zero attached hydrogens (tertiary/aromatic N) is 1. The van der Waals surface area contributed by atoms with Crippen molar-refractivity contribution >= 4 is 35.4 Å². The summed E-state index contributed by atoms with van der Waals surface area (Å²) in [6.07, 6.45) is 0.606. The molecule has 0 aromatic heterocycles. The van der Waals surface area contributed by atoms with E-state index in [1.807, 2.05) is 12.1 Å². The summed E-state index contributed by atoms with van der Waals surface area (Å²) in [6, 6.07) is 6.57. The topological polar surface area (TPSA) is 105 Å². The Morgan fingerprint density at radius 1 is 1.23 bits per heavy atom. The number of imide groups is 1. The summed E-state index contributed by atoms with van der Waals surface area (Å²) in [5.74, 6) is -1.82. The Morgan fingerprint density at radius 3 is 2.46 bits per heavy atom. The zero-order valence-electron chi connectivity index (χ0n) is 14.5. The number of esters is 1. The van der Waals surface area contributed by atoms with E-state index < -0.39 is 42.5 Å². The molecule has 0 spiro atoms. The van der Waals surface area contributed by atoms with E-state index >= 15 is 0 Å². The minimum absolute atomic E-state index is 0.374. The number of nitrogens with one attached hydrogen (secondary N) is 2. The predicted octanol–water partition coefficient (Wildman–Crippen LogP) is 0.872. The maximum Gasteiger partial charge on any atom is 0.326 e. The lowest BCUT2D eigenvalue weighted by Gasteiger charge is -2.15. The second-order valence-electron chi connectivity index (χ2n) is 6.33. The van der Waals surface area contributed by atoms with Gasteiger partial charge in [-0.1, -0.05) is 23.7 Å². The van der Waals surface area contributed by atoms with E-state index in [9.17, 15) is 19.2 Å². The molecule has 1 saturated heterocycles. The molecule has 26 heavy (non-hydrogen) atoms. The third-order valence-corrected chi connectivity index (χ3v) is 4.00. The lowest BCUT2D eigenvalue weighted by Crippen LogP contribution is -2.41. The molecule has 0 aliphatic carbocycles. The highest BCUT2D eigenvalue weighted by Gasteiger charge is 2.45. The van der Waals surface area contributed by atoms with Gasteiger partial charge in [0.2, 0.25) is 0 Å². The van der Waals surface area contributed by atoms with Crippen LogP contribution in [0.5, 0.6) is 0 Å². The van der Waals surface area contributed by atoms with Gasteiger partial charge >= 0.3 is 12.0 Å². The number of rotatable bonds is 7. The van der Waals surface area contributed by atoms with Crippen LogP contribution in [0.2, 0.25) is 5.02 Å². The molecule has 1 aliphatic rings. The summed E-state index contributed by atoms with van der Waals surface area (Å²) in [5, 5.41) is 5.71. The first-order valence-electron chi connectivity index (χ1n) is 8.00. The number of carbonyl (C=O) groups excluding carboxylic acids is 4. The van der Waals surface area contributed by atoms with E-state index in [0.29, 0.717) is 18.0 Å². The number of amides is 4. The Bertz CT molecular complexity index is 718. The summed E-state index contributed by atoms with van der Waals surface area (Å²) in [6.45, 7) is 2.43. The van der Waals surface area contributed by atoms with Gasteiger partial charge < -0.3 is 15.4 Å². The second kappa shape index (κ2) is 8.18. The molecule has 140 valence electrons. The Labute approximate surface area is 155 Å². The fraction of sp³-hybridized carbons (Fsp3) is 0.412. The number of halogens is 1. The zero-order valence-corrected chi connectivity index (χ0v) is 15.3. The summed E-state index contributed by atoms with van der Waals surface area (Å²) in [7, 11) is 0. The van der Waals surface area contributed by atoms with Gasteiger partial charge in [0.1, 0.15) is 12.1 Å². The van der Waals surface area contributed by atoms with Crippen molar-refractivity contribution in [3.05, 3.63) is 34.9 Å². The Morgan fingerprint density at radius 2 is 1.88 bits per heavy atom. The standard InChI is InChI=1S/C17H20ClN3O5/c1-17(2)15(24)21(16(25)20-17)9-14(23)26-10-13(22)19-8-7-11-3-5-12(18)6-4-11/h3-6H,7-10H2,1-2H3,(H,19,22)(H,20,25). The van der Waals surface area contributed by atoms with Crippen LogP contribution in [-0.2, 0) is 25.5 Å². The number of hydrogen-bond donors (Lipinski definition) is 2. The molecule has 0 radical (unpaired) electrons. The lowest BCUT2D eigenvalue weighted by atomic mass is 10.1. The van der Waals surface area contributed by atoms with E-state index in [-0.39, 0.29) is 0 Å². The third-order valence-electron chi connectivity index (χ3n) is 3.74. The van der Waals surface area contributed by atoms with Gasteiger partial charge in [0.05, 0.1) is 0 Å². The van der Waals surface area contributed by atoms with Crippen molar-refractivity contribution in [3.8, 4) is 0 Å². The van der Waals surface area contributed by atoms with Crippen molar-refractivity contribution in [1.82, 2.24) is 15.5 Å². The van der Waals surface area contributed by atoms with Gasteiger partial charge in [-0.3, -0.25) is 19.3 Å². The van der Waals surface area contributed by atoms with Crippen molar-refractivity contribution in [2.75, 3.05) is 19.7 Å². The molecule has 2 rings (SSSR count). The fourth-order valence-corrected chi connectivity index (χ4v) is 2.46. The molecule has 1 fully saturated rings. The number of hydrogen-bond acceptors (Lipinski definition) is 5. The van der Waals surface area contributed by atoms with E-state index in [4.69, 9.17) is 16.3 Å². The molecule has 8 nitrogen and oxygen atoms in total. The minimum Gasteiger partial charge on any atom is -0.454 e. The summed E-state index contributed by atoms with van der Waals surface area (Å²) in [4.78, 5) is 47.8. The summed E-state index contributed by atoms with van der Waals surface area (Å²) >= 11 is 5.79. The van der Waals surface area contributed by atoms with Gasteiger partial charge in [0.15, 0.2) is 6.61 Å². The van der Waals surface area contributed by atoms with Crippen LogP contribution in [0.4, 0.5) is 4.79 Å². The Hall–Kier alpha value is -2.61. The highest BCUT2D eigenvalue weighted by Crippen LogP contribution is 2.16. The Balaban J connectivity index is 1.68. The van der Waals surface area contributed by atoms with Crippen LogP contribution in [-0.4, -0.2) is 54.0 Å². The Kier molecular flexibility index (Phi) is 6.20. The molecular weight excluding hydrogens is 362 g/mol. The first kappa shape index (κ1) is 19.7. The monoisotopic (exact) mass is 381 g/mol. The van der Waals surface area contributed by atoms with Gasteiger partial charge in [-0.05, 0) is 38.0 Å². The highest BCUT2D eigenvalue weighted by atomic mass is 35.5. The molecule has 2 N–H and O–H groups in total. The second-order valence-corrected chi connectivity index (χ2v) is 6.77. The van der Waals surface area contributed by atoms with Gasteiger partial charge in [-0.2, -0.15) is 0 Å². The predicted molar refractivity (Wildman–Crippen MR) is 93.4 cm³/mol. The van der Waals surface area contributed by atoms with Gasteiger partial charge in [-0.25, -0.2) is 4.79 Å². The van der Waals surface area contributed by atoms with Crippen LogP contribution in [0, 0.1) is 0 Å². The smallest absolute Gasteiger partial charge is 0.326 e. The molecule has 1 heterocycles. The minimum atomic E-state index is -1.06. The van der Waals surface area contributed by atoms with E-state index in [0.717, 1.165) is 10.5 Å². The first-order chi connectivity index (χ1) is 12.2. The molecule has 0 saturated carbocycles. The van der Waals surface area contributed by atoms with Crippen LogP contribution in [0.1, 0.15) is 19.4 Å². The average molecular weight is 382 g/mol. The fourth-order valence-electron chi connectivity index (χ4n) is 2.33. The number of carbonyl (C=O) groups is 4. The van der Waals surface area contributed by atoms with E-state index in [1.54, 1.807) is 12.1 Å². The maximum absolute atomic E-state index is 12.0. The van der Waals surface area contributed by atoms with Crippen LogP contribution < -0.4 is 10.6 Å². The molecule has 1 aromatic rings. The van der Waals surface area contributed by atoms with Crippen LogP contribution in [0.25, 0.3) is 0 Å². The first-order valence-corrected chi connectivity index (χ1v) is 8.38. The van der Waals surface area contributed by atoms with Gasteiger partial charge in [0.25, 0.3) is 11.8 Å². The normalized spacial score (nSPS) is 15.6. The van der Waals surface area contributed by atoms with Gasteiger partial charge in [-0.15, -0.1) is 0 Å². The van der Waals surface area contributed by atoms with Crippen LogP contribution in [0.3, 0.4) is 0 Å². The number of ether oxygens (including phenoxy) is 1. The number of benzene rings is 1. The molecule has 0 atom stereocenters.